The first kappa shape index (κ1) is 32.3. The molecule has 0 aliphatic rings. The third kappa shape index (κ3) is 12.0. The normalized spacial score (nSPS) is 14.9. The van der Waals surface area contributed by atoms with Crippen molar-refractivity contribution in [1.29, 1.82) is 0 Å². The lowest BCUT2D eigenvalue weighted by molar-refractivity contribution is -0.142. The molecule has 1 aromatic rings. The number of rotatable bonds is 16. The van der Waals surface area contributed by atoms with Crippen LogP contribution in [0.2, 0.25) is 0 Å². The molecule has 0 aliphatic heterocycles. The molecule has 5 atom stereocenters. The molecule has 38 heavy (non-hydrogen) atoms. The summed E-state index contributed by atoms with van der Waals surface area (Å²) in [5.41, 5.74) is 17.0. The highest BCUT2D eigenvalue weighted by atomic mass is 16.4. The molecular formula is C25H41N7O6. The number of hydrogen-bond acceptors (Lipinski definition) is 7. The number of aliphatic hydroxyl groups excluding tert-OH is 1. The molecule has 0 saturated carbocycles. The van der Waals surface area contributed by atoms with Crippen LogP contribution in [0.4, 0.5) is 0 Å². The second-order valence-electron chi connectivity index (χ2n) is 9.56. The van der Waals surface area contributed by atoms with E-state index in [1.54, 1.807) is 30.3 Å². The minimum absolute atomic E-state index is 0.0259. The van der Waals surface area contributed by atoms with Crippen LogP contribution in [0.3, 0.4) is 0 Å². The Morgan fingerprint density at radius 2 is 1.45 bits per heavy atom. The van der Waals surface area contributed by atoms with E-state index in [4.69, 9.17) is 17.2 Å². The molecule has 1 aromatic carbocycles. The Morgan fingerprint density at radius 1 is 0.895 bits per heavy atom. The van der Waals surface area contributed by atoms with Crippen molar-refractivity contribution < 1.29 is 29.4 Å². The molecule has 13 nitrogen and oxygen atoms in total. The largest absolute Gasteiger partial charge is 0.480 e. The number of carbonyl (C=O) groups is 4. The highest BCUT2D eigenvalue weighted by Gasteiger charge is 2.31. The Bertz CT molecular complexity index is 951. The summed E-state index contributed by atoms with van der Waals surface area (Å²) in [5, 5.41) is 26.9. The summed E-state index contributed by atoms with van der Waals surface area (Å²) in [7, 11) is 0. The molecule has 13 heteroatoms. The van der Waals surface area contributed by atoms with Crippen molar-refractivity contribution in [3.63, 3.8) is 0 Å². The van der Waals surface area contributed by atoms with Crippen LogP contribution in [-0.2, 0) is 25.6 Å². The number of guanidine groups is 1. The van der Waals surface area contributed by atoms with E-state index < -0.39 is 54.0 Å². The molecule has 11 N–H and O–H groups in total. The van der Waals surface area contributed by atoms with E-state index in [1.807, 2.05) is 13.8 Å². The molecule has 1 rings (SSSR count). The number of nitrogens with zero attached hydrogens (tertiary/aromatic N) is 1. The lowest BCUT2D eigenvalue weighted by Crippen LogP contribution is -2.58. The molecular weight excluding hydrogens is 494 g/mol. The van der Waals surface area contributed by atoms with Gasteiger partial charge in [-0.1, -0.05) is 44.2 Å². The zero-order chi connectivity index (χ0) is 28.8. The zero-order valence-electron chi connectivity index (χ0n) is 22.1. The maximum Gasteiger partial charge on any atom is 0.326 e. The first-order valence-corrected chi connectivity index (χ1v) is 12.5. The third-order valence-electron chi connectivity index (χ3n) is 5.64. The number of carboxylic acid groups (broad SMARTS) is 1. The molecule has 0 fully saturated rings. The summed E-state index contributed by atoms with van der Waals surface area (Å²) in [6.07, 6.45) is -0.440. The van der Waals surface area contributed by atoms with Gasteiger partial charge in [0.15, 0.2) is 5.96 Å². The molecule has 0 spiro atoms. The molecule has 0 aliphatic carbocycles. The van der Waals surface area contributed by atoms with E-state index in [0.29, 0.717) is 6.42 Å². The summed E-state index contributed by atoms with van der Waals surface area (Å²) < 4.78 is 0. The van der Waals surface area contributed by atoms with Crippen LogP contribution in [-0.4, -0.2) is 76.7 Å². The fraction of sp³-hybridized carbons (Fsp3) is 0.560. The molecule has 0 aromatic heterocycles. The van der Waals surface area contributed by atoms with Crippen LogP contribution < -0.4 is 33.2 Å². The first-order chi connectivity index (χ1) is 17.8. The minimum Gasteiger partial charge on any atom is -0.480 e. The number of amides is 3. The Morgan fingerprint density at radius 3 is 1.97 bits per heavy atom. The van der Waals surface area contributed by atoms with Gasteiger partial charge in [0.2, 0.25) is 17.7 Å². The number of nitrogens with one attached hydrogen (secondary N) is 3. The van der Waals surface area contributed by atoms with Crippen LogP contribution >= 0.6 is 0 Å². The Hall–Kier alpha value is -3.71. The molecule has 0 saturated heterocycles. The highest BCUT2D eigenvalue weighted by molar-refractivity contribution is 5.94. The fourth-order valence-corrected chi connectivity index (χ4v) is 3.55. The number of aliphatic carboxylic acids is 1. The molecule has 0 bridgehead atoms. The first-order valence-electron chi connectivity index (χ1n) is 12.5. The van der Waals surface area contributed by atoms with Gasteiger partial charge in [0.1, 0.15) is 24.2 Å². The van der Waals surface area contributed by atoms with Gasteiger partial charge in [0.25, 0.3) is 0 Å². The monoisotopic (exact) mass is 535 g/mol. The lowest BCUT2D eigenvalue weighted by atomic mass is 10.00. The standard InChI is InChI=1S/C25H41N7O6/c1-14(2)12-18(21(34)30-17(24(37)38)10-7-11-29-25(27)28)31-22(35)19(13-16-8-5-4-6-9-16)32-23(36)20(26)15(3)33/h4-6,8-9,14-15,17-20,33H,7,10-13,26H2,1-3H3,(H,30,34)(H,31,35)(H,32,36)(H,37,38)(H4,27,28,29). The summed E-state index contributed by atoms with van der Waals surface area (Å²) >= 11 is 0. The van der Waals surface area contributed by atoms with Gasteiger partial charge in [0, 0.05) is 13.0 Å². The molecule has 0 heterocycles. The zero-order valence-corrected chi connectivity index (χ0v) is 22.1. The molecule has 0 radical (unpaired) electrons. The van der Waals surface area contributed by atoms with E-state index in [2.05, 4.69) is 20.9 Å². The number of aliphatic imine (C=N–C) groups is 1. The van der Waals surface area contributed by atoms with Gasteiger partial charge in [-0.15, -0.1) is 0 Å². The van der Waals surface area contributed by atoms with Crippen LogP contribution in [0.1, 0.15) is 45.6 Å². The van der Waals surface area contributed by atoms with Gasteiger partial charge in [-0.2, -0.15) is 0 Å². The molecule has 3 amide bonds. The third-order valence-corrected chi connectivity index (χ3v) is 5.64. The number of carboxylic acids is 1. The predicted octanol–water partition coefficient (Wildman–Crippen LogP) is -1.42. The van der Waals surface area contributed by atoms with Crippen molar-refractivity contribution in [2.24, 2.45) is 28.1 Å². The maximum atomic E-state index is 13.3. The van der Waals surface area contributed by atoms with Crippen LogP contribution in [0.15, 0.2) is 35.3 Å². The average Bonchev–Trinajstić information content (AvgIpc) is 2.84. The summed E-state index contributed by atoms with van der Waals surface area (Å²) in [4.78, 5) is 54.4. The van der Waals surface area contributed by atoms with Crippen LogP contribution in [0.5, 0.6) is 0 Å². The predicted molar refractivity (Wildman–Crippen MR) is 143 cm³/mol. The van der Waals surface area contributed by atoms with E-state index in [9.17, 15) is 29.4 Å². The van der Waals surface area contributed by atoms with E-state index in [-0.39, 0.29) is 37.7 Å². The molecule has 5 unspecified atom stereocenters. The number of hydrogen-bond donors (Lipinski definition) is 8. The van der Waals surface area contributed by atoms with Gasteiger partial charge in [-0.25, -0.2) is 4.79 Å². The van der Waals surface area contributed by atoms with E-state index in [1.165, 1.54) is 6.92 Å². The minimum atomic E-state index is -1.26. The van der Waals surface area contributed by atoms with Gasteiger partial charge < -0.3 is 43.4 Å². The van der Waals surface area contributed by atoms with E-state index >= 15 is 0 Å². The highest BCUT2D eigenvalue weighted by Crippen LogP contribution is 2.09. The topological polar surface area (TPSA) is 235 Å². The molecule has 212 valence electrons. The van der Waals surface area contributed by atoms with Gasteiger partial charge in [-0.05, 0) is 37.7 Å². The van der Waals surface area contributed by atoms with E-state index in [0.717, 1.165) is 5.56 Å². The van der Waals surface area contributed by atoms with Crippen molar-refractivity contribution in [3.8, 4) is 0 Å². The Labute approximate surface area is 222 Å². The van der Waals surface area contributed by atoms with Crippen LogP contribution in [0.25, 0.3) is 0 Å². The van der Waals surface area contributed by atoms with Crippen LogP contribution in [0, 0.1) is 5.92 Å². The fourth-order valence-electron chi connectivity index (χ4n) is 3.55. The average molecular weight is 536 g/mol. The summed E-state index contributed by atoms with van der Waals surface area (Å²) in [6, 6.07) is 4.27. The second kappa shape index (κ2) is 16.2. The van der Waals surface area contributed by atoms with Crippen molar-refractivity contribution in [2.45, 2.75) is 76.7 Å². The van der Waals surface area contributed by atoms with Gasteiger partial charge in [-0.3, -0.25) is 19.4 Å². The Balaban J connectivity index is 3.05. The van der Waals surface area contributed by atoms with Gasteiger partial charge in [0.05, 0.1) is 6.10 Å². The second-order valence-corrected chi connectivity index (χ2v) is 9.56. The number of benzene rings is 1. The van der Waals surface area contributed by atoms with Crippen molar-refractivity contribution >= 4 is 29.7 Å². The SMILES string of the molecule is CC(C)CC(NC(=O)C(Cc1ccccc1)NC(=O)C(N)C(C)O)C(=O)NC(CCCN=C(N)N)C(=O)O. The summed E-state index contributed by atoms with van der Waals surface area (Å²) in [5.74, 6) is -3.44. The smallest absolute Gasteiger partial charge is 0.326 e. The summed E-state index contributed by atoms with van der Waals surface area (Å²) in [6.45, 7) is 5.25. The lowest BCUT2D eigenvalue weighted by Gasteiger charge is -2.26. The Kier molecular flexibility index (Phi) is 13.8. The number of aliphatic hydroxyl groups is 1. The van der Waals surface area contributed by atoms with Gasteiger partial charge >= 0.3 is 5.97 Å². The van der Waals surface area contributed by atoms with Crippen molar-refractivity contribution in [2.75, 3.05) is 6.54 Å². The van der Waals surface area contributed by atoms with Crippen molar-refractivity contribution in [1.82, 2.24) is 16.0 Å². The number of carbonyl (C=O) groups excluding carboxylic acids is 3. The van der Waals surface area contributed by atoms with Crippen molar-refractivity contribution in [3.05, 3.63) is 35.9 Å². The maximum absolute atomic E-state index is 13.3. The quantitative estimate of drug-likeness (QED) is 0.0703. The number of nitrogens with two attached hydrogens (primary N) is 3.